The Balaban J connectivity index is 0.00000413. The minimum absolute atomic E-state index is 0. The van der Waals surface area contributed by atoms with E-state index in [-0.39, 0.29) is 26.5 Å². The summed E-state index contributed by atoms with van der Waals surface area (Å²) < 4.78 is 13.1. The third-order valence-electron chi connectivity index (χ3n) is 10.1. The molecule has 5 heterocycles. The second-order valence-electron chi connectivity index (χ2n) is 15.9. The first-order valence-corrected chi connectivity index (χ1v) is 18.5. The van der Waals surface area contributed by atoms with Crippen LogP contribution in [0, 0.1) is 17.5 Å². The molecule has 0 saturated carbocycles. The van der Waals surface area contributed by atoms with Crippen molar-refractivity contribution in [2.24, 2.45) is 5.41 Å². The molecule has 8 heteroatoms. The maximum Gasteiger partial charge on any atom is 2.00 e. The first kappa shape index (κ1) is 35.8. The molecule has 9 aromatic rings. The molecule has 0 saturated heterocycles. The molecule has 0 aliphatic rings. The standard InChI is InChI=1S/C46H42N6O.Pt/c1-28(2)33-13-10-14-34(29(3)4)43(33)51-39-16-11-23-47-44(39)52-41-25-32(19-21-37(41)49-45(51)52)53-31-18-20-36-35-12-8-9-15-38(35)50(40(36)24-31)42-22-17-30(27-48-42)26-46(5,6)7;/h8-23,27-29H,26H2,1-7H3;/q-2;+2. The van der Waals surface area contributed by atoms with Gasteiger partial charge in [-0.15, -0.1) is 35.7 Å². The second-order valence-corrected chi connectivity index (χ2v) is 15.9. The van der Waals surface area contributed by atoms with Crippen molar-refractivity contribution in [3.8, 4) is 23.0 Å². The van der Waals surface area contributed by atoms with Crippen LogP contribution in [0.3, 0.4) is 0 Å². The molecule has 4 aromatic carbocycles. The minimum Gasteiger partial charge on any atom is -0.509 e. The van der Waals surface area contributed by atoms with Crippen LogP contribution in [0.1, 0.15) is 77.0 Å². The molecule has 0 aliphatic heterocycles. The maximum atomic E-state index is 6.57. The van der Waals surface area contributed by atoms with Gasteiger partial charge in [-0.05, 0) is 81.0 Å². The summed E-state index contributed by atoms with van der Waals surface area (Å²) in [5.41, 5.74) is 10.6. The van der Waals surface area contributed by atoms with Crippen LogP contribution in [0.2, 0.25) is 0 Å². The van der Waals surface area contributed by atoms with E-state index < -0.39 is 0 Å². The Morgan fingerprint density at radius 2 is 1.39 bits per heavy atom. The van der Waals surface area contributed by atoms with Crippen molar-refractivity contribution >= 4 is 49.8 Å². The largest absolute Gasteiger partial charge is 2.00 e. The van der Waals surface area contributed by atoms with Crippen LogP contribution < -0.4 is 4.74 Å². The third kappa shape index (κ3) is 5.99. The zero-order chi connectivity index (χ0) is 36.6. The number of imidazole rings is 2. The SMILES string of the molecule is CC(C)c1cccc(C(C)C)c1-n1c2cccnc2n2c3[c-]c(Oc4[c-]c5c(cc4)c4ccccc4n5-c4ccc(CC(C)(C)C)cn4)ccc3nc12.[Pt+2]. The van der Waals surface area contributed by atoms with Gasteiger partial charge in [0.1, 0.15) is 5.82 Å². The molecule has 54 heavy (non-hydrogen) atoms. The Morgan fingerprint density at radius 3 is 2.09 bits per heavy atom. The fourth-order valence-corrected chi connectivity index (χ4v) is 7.77. The fraction of sp³-hybridized carbons (Fsp3) is 0.239. The normalized spacial score (nSPS) is 12.2. The molecule has 0 spiro atoms. The summed E-state index contributed by atoms with van der Waals surface area (Å²) in [6.45, 7) is 15.7. The van der Waals surface area contributed by atoms with Crippen LogP contribution >= 0.6 is 0 Å². The van der Waals surface area contributed by atoms with Gasteiger partial charge in [-0.1, -0.05) is 96.4 Å². The molecule has 0 radical (unpaired) electrons. The monoisotopic (exact) mass is 889 g/mol. The van der Waals surface area contributed by atoms with Gasteiger partial charge >= 0.3 is 21.1 Å². The summed E-state index contributed by atoms with van der Waals surface area (Å²) in [4.78, 5) is 15.0. The number of hydrogen-bond donors (Lipinski definition) is 0. The zero-order valence-electron chi connectivity index (χ0n) is 31.6. The van der Waals surface area contributed by atoms with Crippen molar-refractivity contribution in [3.63, 3.8) is 0 Å². The van der Waals surface area contributed by atoms with E-state index in [0.717, 1.165) is 62.0 Å². The van der Waals surface area contributed by atoms with Crippen molar-refractivity contribution in [2.45, 2.75) is 66.7 Å². The summed E-state index contributed by atoms with van der Waals surface area (Å²) in [6.07, 6.45) is 4.80. The molecule has 0 N–H and O–H groups in total. The van der Waals surface area contributed by atoms with Crippen LogP contribution in [-0.2, 0) is 27.5 Å². The van der Waals surface area contributed by atoms with Crippen molar-refractivity contribution in [2.75, 3.05) is 0 Å². The van der Waals surface area contributed by atoms with Gasteiger partial charge in [0.25, 0.3) is 0 Å². The second kappa shape index (κ2) is 13.5. The number of benzene rings is 4. The van der Waals surface area contributed by atoms with Crippen molar-refractivity contribution in [3.05, 3.63) is 132 Å². The number of hydrogen-bond acceptors (Lipinski definition) is 4. The molecule has 0 bridgehead atoms. The van der Waals surface area contributed by atoms with Gasteiger partial charge in [-0.2, -0.15) is 6.07 Å². The maximum absolute atomic E-state index is 6.57. The number of rotatable bonds is 7. The Labute approximate surface area is 329 Å². The number of fused-ring (bicyclic) bond motifs is 8. The van der Waals surface area contributed by atoms with Crippen molar-refractivity contribution in [1.82, 2.24) is 28.5 Å². The van der Waals surface area contributed by atoms with Crippen LogP contribution in [0.5, 0.6) is 11.5 Å². The Kier molecular flexibility index (Phi) is 8.97. The summed E-state index contributed by atoms with van der Waals surface area (Å²) >= 11 is 0. The first-order chi connectivity index (χ1) is 25.6. The molecule has 7 nitrogen and oxygen atoms in total. The van der Waals surface area contributed by atoms with Crippen LogP contribution in [-0.4, -0.2) is 28.5 Å². The molecule has 272 valence electrons. The molecule has 0 fully saturated rings. The number of nitrogens with zero attached hydrogens (tertiary/aromatic N) is 6. The molecule has 0 unspecified atom stereocenters. The van der Waals surface area contributed by atoms with Crippen LogP contribution in [0.25, 0.3) is 61.3 Å². The Bertz CT molecular complexity index is 2810. The average molecular weight is 890 g/mol. The summed E-state index contributed by atoms with van der Waals surface area (Å²) in [5.74, 6) is 3.46. The van der Waals surface area contributed by atoms with Gasteiger partial charge in [-0.3, -0.25) is 14.0 Å². The third-order valence-corrected chi connectivity index (χ3v) is 10.1. The van der Waals surface area contributed by atoms with E-state index in [9.17, 15) is 0 Å². The van der Waals surface area contributed by atoms with E-state index in [4.69, 9.17) is 19.7 Å². The smallest absolute Gasteiger partial charge is 0.509 e. The topological polar surface area (TPSA) is 62.2 Å². The van der Waals surface area contributed by atoms with Crippen LogP contribution in [0.4, 0.5) is 0 Å². The summed E-state index contributed by atoms with van der Waals surface area (Å²) in [7, 11) is 0. The van der Waals surface area contributed by atoms with E-state index in [0.29, 0.717) is 23.3 Å². The molecular formula is C46H42N6OPt. The van der Waals surface area contributed by atoms with Crippen molar-refractivity contribution < 1.29 is 25.8 Å². The summed E-state index contributed by atoms with van der Waals surface area (Å²) in [6, 6.07) is 38.6. The predicted octanol–water partition coefficient (Wildman–Crippen LogP) is 11.5. The van der Waals surface area contributed by atoms with E-state index in [1.165, 1.54) is 22.4 Å². The van der Waals surface area contributed by atoms with Crippen LogP contribution in [0.15, 0.2) is 103 Å². The average Bonchev–Trinajstić information content (AvgIpc) is 3.77. The number of pyridine rings is 2. The number of aromatic nitrogens is 6. The van der Waals surface area contributed by atoms with Crippen molar-refractivity contribution in [1.29, 1.82) is 0 Å². The number of ether oxygens (including phenoxy) is 1. The molecule has 0 amide bonds. The number of para-hydroxylation sites is 2. The Hall–Kier alpha value is -5.26. The molecule has 0 atom stereocenters. The van der Waals surface area contributed by atoms with E-state index in [1.807, 2.05) is 36.7 Å². The van der Waals surface area contributed by atoms with Gasteiger partial charge in [0.05, 0.1) is 11.2 Å². The first-order valence-electron chi connectivity index (χ1n) is 18.5. The quantitative estimate of drug-likeness (QED) is 0.150. The van der Waals surface area contributed by atoms with Gasteiger partial charge in [0.15, 0.2) is 5.65 Å². The van der Waals surface area contributed by atoms with Gasteiger partial charge in [-0.25, -0.2) is 9.97 Å². The Morgan fingerprint density at radius 1 is 0.685 bits per heavy atom. The molecular weight excluding hydrogens is 848 g/mol. The van der Waals surface area contributed by atoms with Gasteiger partial charge < -0.3 is 9.30 Å². The summed E-state index contributed by atoms with van der Waals surface area (Å²) in [5, 5.41) is 2.23. The van der Waals surface area contributed by atoms with E-state index in [2.05, 4.69) is 141 Å². The zero-order valence-corrected chi connectivity index (χ0v) is 33.9. The van der Waals surface area contributed by atoms with Gasteiger partial charge in [0, 0.05) is 29.4 Å². The molecule has 5 aromatic heterocycles. The van der Waals surface area contributed by atoms with E-state index >= 15 is 0 Å². The minimum atomic E-state index is 0. The fourth-order valence-electron chi connectivity index (χ4n) is 7.77. The molecule has 9 rings (SSSR count). The van der Waals surface area contributed by atoms with E-state index in [1.54, 1.807) is 0 Å². The van der Waals surface area contributed by atoms with Gasteiger partial charge in [0.2, 0.25) is 5.78 Å². The predicted molar refractivity (Wildman–Crippen MR) is 215 cm³/mol. The molecule has 0 aliphatic carbocycles.